The summed E-state index contributed by atoms with van der Waals surface area (Å²) in [6.45, 7) is 3.75. The normalized spacial score (nSPS) is 11.8. The standard InChI is InChI=1S/C17H17BrClNO2/c1-11-8-14(18)9-15(19)17(11)22-10-16(21)20-12(2)13-6-4-3-5-7-13/h3-9,12H,10H2,1-2H3,(H,20,21)/t12-/m1/s1. The Bertz CT molecular complexity index is 638. The van der Waals surface area contributed by atoms with Gasteiger partial charge in [0.15, 0.2) is 6.61 Å². The van der Waals surface area contributed by atoms with E-state index in [1.54, 1.807) is 6.07 Å². The molecule has 2 aromatic carbocycles. The Labute approximate surface area is 143 Å². The molecule has 0 aliphatic heterocycles. The number of nitrogens with one attached hydrogen (secondary N) is 1. The van der Waals surface area contributed by atoms with Crippen molar-refractivity contribution >= 4 is 33.4 Å². The second-order valence-electron chi connectivity index (χ2n) is 5.02. The Balaban J connectivity index is 1.94. The first kappa shape index (κ1) is 16.8. The maximum Gasteiger partial charge on any atom is 0.258 e. The van der Waals surface area contributed by atoms with Crippen LogP contribution < -0.4 is 10.1 Å². The molecule has 0 spiro atoms. The first-order valence-corrected chi connectivity index (χ1v) is 8.07. The molecule has 0 radical (unpaired) electrons. The Morgan fingerprint density at radius 3 is 2.64 bits per heavy atom. The lowest BCUT2D eigenvalue weighted by molar-refractivity contribution is -0.123. The van der Waals surface area contributed by atoms with Crippen LogP contribution in [0.25, 0.3) is 0 Å². The van der Waals surface area contributed by atoms with E-state index in [2.05, 4.69) is 21.2 Å². The van der Waals surface area contributed by atoms with Crippen molar-refractivity contribution in [2.45, 2.75) is 19.9 Å². The van der Waals surface area contributed by atoms with E-state index < -0.39 is 0 Å². The summed E-state index contributed by atoms with van der Waals surface area (Å²) < 4.78 is 6.44. The highest BCUT2D eigenvalue weighted by molar-refractivity contribution is 9.10. The van der Waals surface area contributed by atoms with Gasteiger partial charge in [-0.25, -0.2) is 0 Å². The summed E-state index contributed by atoms with van der Waals surface area (Å²) in [5.74, 6) is 0.349. The molecule has 1 N–H and O–H groups in total. The van der Waals surface area contributed by atoms with Crippen molar-refractivity contribution in [1.82, 2.24) is 5.32 Å². The molecular formula is C17H17BrClNO2. The molecule has 0 fully saturated rings. The first-order valence-electron chi connectivity index (χ1n) is 6.90. The topological polar surface area (TPSA) is 38.3 Å². The number of halogens is 2. The molecule has 1 amide bonds. The highest BCUT2D eigenvalue weighted by atomic mass is 79.9. The average molecular weight is 383 g/mol. The highest BCUT2D eigenvalue weighted by Crippen LogP contribution is 2.31. The Hall–Kier alpha value is -1.52. The van der Waals surface area contributed by atoms with Crippen LogP contribution >= 0.6 is 27.5 Å². The molecule has 0 saturated carbocycles. The van der Waals surface area contributed by atoms with Crippen LogP contribution in [0.5, 0.6) is 5.75 Å². The average Bonchev–Trinajstić information content (AvgIpc) is 2.47. The van der Waals surface area contributed by atoms with Crippen molar-refractivity contribution in [2.75, 3.05) is 6.61 Å². The number of hydrogen-bond acceptors (Lipinski definition) is 2. The molecule has 2 rings (SSSR count). The van der Waals surface area contributed by atoms with Gasteiger partial charge < -0.3 is 10.1 Å². The number of ether oxygens (including phenoxy) is 1. The van der Waals surface area contributed by atoms with E-state index in [0.717, 1.165) is 15.6 Å². The molecule has 0 bridgehead atoms. The van der Waals surface area contributed by atoms with Crippen molar-refractivity contribution in [3.8, 4) is 5.75 Å². The zero-order valence-corrected chi connectivity index (χ0v) is 14.7. The lowest BCUT2D eigenvalue weighted by Crippen LogP contribution is -2.31. The smallest absolute Gasteiger partial charge is 0.258 e. The van der Waals surface area contributed by atoms with Crippen LogP contribution in [0, 0.1) is 6.92 Å². The Morgan fingerprint density at radius 2 is 2.00 bits per heavy atom. The van der Waals surface area contributed by atoms with Gasteiger partial charge in [0.1, 0.15) is 5.75 Å². The number of amides is 1. The van der Waals surface area contributed by atoms with E-state index in [1.165, 1.54) is 0 Å². The fourth-order valence-corrected chi connectivity index (χ4v) is 3.14. The van der Waals surface area contributed by atoms with Gasteiger partial charge in [0, 0.05) is 4.47 Å². The van der Waals surface area contributed by atoms with Crippen LogP contribution in [0.4, 0.5) is 0 Å². The monoisotopic (exact) mass is 381 g/mol. The van der Waals surface area contributed by atoms with Crippen molar-refractivity contribution in [2.24, 2.45) is 0 Å². The molecule has 1 atom stereocenters. The number of benzene rings is 2. The minimum Gasteiger partial charge on any atom is -0.482 e. The summed E-state index contributed by atoms with van der Waals surface area (Å²) in [6.07, 6.45) is 0. The van der Waals surface area contributed by atoms with Crippen molar-refractivity contribution in [3.05, 3.63) is 63.1 Å². The molecule has 2 aromatic rings. The van der Waals surface area contributed by atoms with E-state index in [-0.39, 0.29) is 18.6 Å². The number of rotatable bonds is 5. The summed E-state index contributed by atoms with van der Waals surface area (Å²) in [4.78, 5) is 12.0. The summed E-state index contributed by atoms with van der Waals surface area (Å²) in [5, 5.41) is 3.38. The van der Waals surface area contributed by atoms with E-state index in [1.807, 2.05) is 50.2 Å². The third-order valence-corrected chi connectivity index (χ3v) is 3.96. The van der Waals surface area contributed by atoms with E-state index >= 15 is 0 Å². The van der Waals surface area contributed by atoms with Crippen LogP contribution in [0.1, 0.15) is 24.1 Å². The van der Waals surface area contributed by atoms with Gasteiger partial charge in [0.05, 0.1) is 11.1 Å². The molecule has 5 heteroatoms. The maximum absolute atomic E-state index is 12.0. The van der Waals surface area contributed by atoms with Gasteiger partial charge in [0.2, 0.25) is 0 Å². The van der Waals surface area contributed by atoms with Crippen LogP contribution in [-0.4, -0.2) is 12.5 Å². The molecule has 3 nitrogen and oxygen atoms in total. The maximum atomic E-state index is 12.0. The van der Waals surface area contributed by atoms with Crippen LogP contribution in [0.15, 0.2) is 46.9 Å². The molecule has 0 aliphatic rings. The fraction of sp³-hybridized carbons (Fsp3) is 0.235. The van der Waals surface area contributed by atoms with Gasteiger partial charge in [-0.15, -0.1) is 0 Å². The molecule has 22 heavy (non-hydrogen) atoms. The predicted molar refractivity (Wildman–Crippen MR) is 92.4 cm³/mol. The third-order valence-electron chi connectivity index (χ3n) is 3.22. The van der Waals surface area contributed by atoms with Gasteiger partial charge in [-0.05, 0) is 37.1 Å². The van der Waals surface area contributed by atoms with Crippen molar-refractivity contribution in [3.63, 3.8) is 0 Å². The van der Waals surface area contributed by atoms with Gasteiger partial charge in [-0.3, -0.25) is 4.79 Å². The Morgan fingerprint density at radius 1 is 1.32 bits per heavy atom. The summed E-state index contributed by atoms with van der Waals surface area (Å²) in [6, 6.07) is 13.3. The molecule has 0 saturated heterocycles. The summed E-state index contributed by atoms with van der Waals surface area (Å²) in [5.41, 5.74) is 1.93. The van der Waals surface area contributed by atoms with Gasteiger partial charge in [-0.2, -0.15) is 0 Å². The van der Waals surface area contributed by atoms with E-state index in [9.17, 15) is 4.79 Å². The zero-order valence-electron chi connectivity index (χ0n) is 12.4. The van der Waals surface area contributed by atoms with Gasteiger partial charge >= 0.3 is 0 Å². The minimum atomic E-state index is -0.185. The van der Waals surface area contributed by atoms with E-state index in [4.69, 9.17) is 16.3 Å². The number of aryl methyl sites for hydroxylation is 1. The SMILES string of the molecule is Cc1cc(Br)cc(Cl)c1OCC(=O)N[C@H](C)c1ccccc1. The number of carbonyl (C=O) groups is 1. The number of carbonyl (C=O) groups excluding carboxylic acids is 1. The quantitative estimate of drug-likeness (QED) is 0.816. The van der Waals surface area contributed by atoms with Crippen molar-refractivity contribution < 1.29 is 9.53 Å². The summed E-state index contributed by atoms with van der Waals surface area (Å²) in [7, 11) is 0. The van der Waals surface area contributed by atoms with Crippen molar-refractivity contribution in [1.29, 1.82) is 0 Å². The molecule has 0 heterocycles. The van der Waals surface area contributed by atoms with Crippen LogP contribution in [0.2, 0.25) is 5.02 Å². The Kier molecular flexibility index (Phi) is 5.86. The lowest BCUT2D eigenvalue weighted by Gasteiger charge is -2.16. The summed E-state index contributed by atoms with van der Waals surface area (Å²) >= 11 is 9.50. The zero-order chi connectivity index (χ0) is 16.1. The van der Waals surface area contributed by atoms with Gasteiger partial charge in [-0.1, -0.05) is 57.9 Å². The first-order chi connectivity index (χ1) is 10.5. The number of hydrogen-bond donors (Lipinski definition) is 1. The molecular weight excluding hydrogens is 366 g/mol. The third kappa shape index (κ3) is 4.49. The largest absolute Gasteiger partial charge is 0.482 e. The second-order valence-corrected chi connectivity index (χ2v) is 6.35. The minimum absolute atomic E-state index is 0.0701. The molecule has 0 aliphatic carbocycles. The van der Waals surface area contributed by atoms with Crippen LogP contribution in [0.3, 0.4) is 0 Å². The molecule has 116 valence electrons. The van der Waals surface area contributed by atoms with Gasteiger partial charge in [0.25, 0.3) is 5.91 Å². The van der Waals surface area contributed by atoms with Crippen LogP contribution in [-0.2, 0) is 4.79 Å². The molecule has 0 unspecified atom stereocenters. The second kappa shape index (κ2) is 7.65. The van der Waals surface area contributed by atoms with E-state index in [0.29, 0.717) is 10.8 Å². The fourth-order valence-electron chi connectivity index (χ4n) is 2.12. The predicted octanol–water partition coefficient (Wildman–Crippen LogP) is 4.67. The lowest BCUT2D eigenvalue weighted by atomic mass is 10.1. The molecule has 0 aromatic heterocycles. The highest BCUT2D eigenvalue weighted by Gasteiger charge is 2.12.